The lowest BCUT2D eigenvalue weighted by Gasteiger charge is -2.38. The van der Waals surface area contributed by atoms with Crippen LogP contribution in [0, 0.1) is 5.92 Å². The number of hydrazine groups is 1. The minimum Gasteiger partial charge on any atom is -0.387 e. The van der Waals surface area contributed by atoms with Gasteiger partial charge >= 0.3 is 0 Å². The minimum absolute atomic E-state index is 0.214. The second kappa shape index (κ2) is 5.60. The molecule has 0 spiro atoms. The van der Waals surface area contributed by atoms with E-state index in [1.54, 1.807) is 12.2 Å². The Morgan fingerprint density at radius 3 is 2.60 bits per heavy atom. The first-order valence-electron chi connectivity index (χ1n) is 8.58. The molecule has 1 aromatic carbocycles. The predicted octanol–water partition coefficient (Wildman–Crippen LogP) is 1.07. The van der Waals surface area contributed by atoms with Gasteiger partial charge in [0.2, 0.25) is 11.8 Å². The fourth-order valence-electron chi connectivity index (χ4n) is 4.45. The Morgan fingerprint density at radius 1 is 1.32 bits per heavy atom. The van der Waals surface area contributed by atoms with Crippen LogP contribution in [0.5, 0.6) is 0 Å². The lowest BCUT2D eigenvalue weighted by Crippen LogP contribution is -2.49. The largest absolute Gasteiger partial charge is 0.387 e. The molecule has 4 rings (SSSR count). The third-order valence-electron chi connectivity index (χ3n) is 5.48. The molecule has 3 aliphatic rings. The zero-order valence-corrected chi connectivity index (χ0v) is 14.6. The number of benzene rings is 1. The number of hydrogen-bond acceptors (Lipinski definition) is 6. The van der Waals surface area contributed by atoms with Crippen molar-refractivity contribution in [2.45, 2.75) is 50.4 Å². The van der Waals surface area contributed by atoms with E-state index in [0.717, 1.165) is 16.1 Å². The predicted molar refractivity (Wildman–Crippen MR) is 88.6 cm³/mol. The smallest absolute Gasteiger partial charge is 0.248 e. The molecule has 3 heterocycles. The SMILES string of the molecule is CON1[C@@H]2C[C@H](C(=O)N3NC(C)(C)CC3=O)[C@H]1c1ccccc1[C@H]2O. The standard InChI is InChI=1S/C18H23N3O4/c1-18(2)9-14(22)20(19-18)17(24)12-8-13-16(23)11-7-5-4-6-10(11)15(12)21(13)25-3/h4-7,12-13,15-16,19,23H,8-9H2,1-3H3/t12-,13+,15+,16+/m0/s1. The molecule has 2 saturated heterocycles. The molecule has 0 aliphatic carbocycles. The van der Waals surface area contributed by atoms with Crippen molar-refractivity contribution in [1.29, 1.82) is 0 Å². The fraction of sp³-hybridized carbons (Fsp3) is 0.556. The first-order chi connectivity index (χ1) is 11.8. The van der Waals surface area contributed by atoms with Crippen LogP contribution in [-0.4, -0.2) is 45.7 Å². The Kier molecular flexibility index (Phi) is 3.73. The van der Waals surface area contributed by atoms with Crippen molar-refractivity contribution in [1.82, 2.24) is 15.5 Å². The van der Waals surface area contributed by atoms with E-state index in [1.807, 2.05) is 38.1 Å². The fourth-order valence-corrected chi connectivity index (χ4v) is 4.45. The maximum atomic E-state index is 13.1. The van der Waals surface area contributed by atoms with Gasteiger partial charge in [0.05, 0.1) is 31.2 Å². The molecule has 0 saturated carbocycles. The van der Waals surface area contributed by atoms with Crippen molar-refractivity contribution >= 4 is 11.8 Å². The summed E-state index contributed by atoms with van der Waals surface area (Å²) in [5.74, 6) is -0.920. The third kappa shape index (κ3) is 2.42. The second-order valence-electron chi connectivity index (χ2n) is 7.71. The van der Waals surface area contributed by atoms with Gasteiger partial charge in [0.15, 0.2) is 0 Å². The molecule has 2 bridgehead atoms. The summed E-state index contributed by atoms with van der Waals surface area (Å²) in [6.07, 6.45) is 0.00938. The van der Waals surface area contributed by atoms with Crippen molar-refractivity contribution < 1.29 is 19.5 Å². The first-order valence-corrected chi connectivity index (χ1v) is 8.58. The molecule has 134 valence electrons. The summed E-state index contributed by atoms with van der Waals surface area (Å²) in [5, 5.41) is 13.6. The average Bonchev–Trinajstić information content (AvgIpc) is 3.05. The van der Waals surface area contributed by atoms with E-state index in [4.69, 9.17) is 4.84 Å². The highest BCUT2D eigenvalue weighted by Gasteiger charge is 2.55. The van der Waals surface area contributed by atoms with Gasteiger partial charge in [-0.25, -0.2) is 10.4 Å². The molecule has 0 aromatic heterocycles. The van der Waals surface area contributed by atoms with Gasteiger partial charge in [0.25, 0.3) is 0 Å². The van der Waals surface area contributed by atoms with Gasteiger partial charge in [0, 0.05) is 12.0 Å². The maximum absolute atomic E-state index is 13.1. The number of nitrogens with one attached hydrogen (secondary N) is 1. The number of hydrogen-bond donors (Lipinski definition) is 2. The van der Waals surface area contributed by atoms with E-state index in [9.17, 15) is 14.7 Å². The lowest BCUT2D eigenvalue weighted by molar-refractivity contribution is -0.201. The summed E-state index contributed by atoms with van der Waals surface area (Å²) in [4.78, 5) is 30.9. The van der Waals surface area contributed by atoms with Gasteiger partial charge in [0.1, 0.15) is 0 Å². The van der Waals surface area contributed by atoms with Crippen LogP contribution in [0.3, 0.4) is 0 Å². The zero-order valence-electron chi connectivity index (χ0n) is 14.6. The number of aliphatic hydroxyl groups excluding tert-OH is 1. The maximum Gasteiger partial charge on any atom is 0.248 e. The van der Waals surface area contributed by atoms with Crippen molar-refractivity contribution in [2.75, 3.05) is 7.11 Å². The summed E-state index contributed by atoms with van der Waals surface area (Å²) in [6, 6.07) is 6.98. The molecule has 0 unspecified atom stereocenters. The van der Waals surface area contributed by atoms with Gasteiger partial charge in [-0.1, -0.05) is 24.3 Å². The Bertz CT molecular complexity index is 735. The van der Waals surface area contributed by atoms with Crippen molar-refractivity contribution in [3.8, 4) is 0 Å². The molecule has 7 heteroatoms. The van der Waals surface area contributed by atoms with Crippen LogP contribution in [0.25, 0.3) is 0 Å². The van der Waals surface area contributed by atoms with Crippen LogP contribution >= 0.6 is 0 Å². The monoisotopic (exact) mass is 345 g/mol. The molecule has 2 fully saturated rings. The van der Waals surface area contributed by atoms with Crippen molar-refractivity contribution in [3.05, 3.63) is 35.4 Å². The molecule has 2 amide bonds. The Hall–Kier alpha value is -1.80. The quantitative estimate of drug-likeness (QED) is 0.781. The molecular weight excluding hydrogens is 322 g/mol. The van der Waals surface area contributed by atoms with E-state index in [-0.39, 0.29) is 30.3 Å². The Balaban J connectivity index is 1.71. The van der Waals surface area contributed by atoms with Gasteiger partial charge in [-0.2, -0.15) is 5.06 Å². The highest BCUT2D eigenvalue weighted by atomic mass is 16.7. The molecule has 3 aliphatic heterocycles. The number of nitrogens with zero attached hydrogens (tertiary/aromatic N) is 2. The Labute approximate surface area is 146 Å². The number of carbonyl (C=O) groups excluding carboxylic acids is 2. The summed E-state index contributed by atoms with van der Waals surface area (Å²) in [5.41, 5.74) is 4.30. The van der Waals surface area contributed by atoms with Gasteiger partial charge in [-0.15, -0.1) is 0 Å². The topological polar surface area (TPSA) is 82.1 Å². The Morgan fingerprint density at radius 2 is 2.00 bits per heavy atom. The number of amides is 2. The van der Waals surface area contributed by atoms with Crippen molar-refractivity contribution in [2.24, 2.45) is 5.92 Å². The number of hydroxylamine groups is 2. The van der Waals surface area contributed by atoms with Gasteiger partial charge < -0.3 is 9.94 Å². The minimum atomic E-state index is -0.719. The summed E-state index contributed by atoms with van der Waals surface area (Å²) in [6.45, 7) is 3.79. The molecular formula is C18H23N3O4. The number of imide groups is 1. The third-order valence-corrected chi connectivity index (χ3v) is 5.48. The second-order valence-corrected chi connectivity index (χ2v) is 7.71. The number of carbonyl (C=O) groups is 2. The summed E-state index contributed by atoms with van der Waals surface area (Å²) >= 11 is 0. The lowest BCUT2D eigenvalue weighted by atomic mass is 9.90. The number of aliphatic hydroxyl groups is 1. The van der Waals surface area contributed by atoms with Crippen LogP contribution in [0.15, 0.2) is 24.3 Å². The first kappa shape index (κ1) is 16.7. The zero-order chi connectivity index (χ0) is 17.9. The summed E-state index contributed by atoms with van der Waals surface area (Å²) in [7, 11) is 1.55. The van der Waals surface area contributed by atoms with E-state index in [2.05, 4.69) is 5.43 Å². The molecule has 2 N–H and O–H groups in total. The van der Waals surface area contributed by atoms with E-state index < -0.39 is 17.6 Å². The average molecular weight is 345 g/mol. The van der Waals surface area contributed by atoms with Gasteiger partial charge in [-0.05, 0) is 31.4 Å². The number of rotatable bonds is 2. The van der Waals surface area contributed by atoms with Crippen molar-refractivity contribution in [3.63, 3.8) is 0 Å². The molecule has 4 atom stereocenters. The van der Waals surface area contributed by atoms with Crippen LogP contribution in [0.1, 0.15) is 50.0 Å². The van der Waals surface area contributed by atoms with E-state index in [0.29, 0.717) is 6.42 Å². The van der Waals surface area contributed by atoms with Crippen LogP contribution in [-0.2, 0) is 14.4 Å². The molecule has 0 radical (unpaired) electrons. The highest BCUT2D eigenvalue weighted by Crippen LogP contribution is 2.51. The molecule has 7 nitrogen and oxygen atoms in total. The summed E-state index contributed by atoms with van der Waals surface area (Å²) < 4.78 is 0. The van der Waals surface area contributed by atoms with Crippen LogP contribution in [0.2, 0.25) is 0 Å². The van der Waals surface area contributed by atoms with E-state index >= 15 is 0 Å². The van der Waals surface area contributed by atoms with E-state index in [1.165, 1.54) is 0 Å². The highest BCUT2D eigenvalue weighted by molar-refractivity contribution is 5.98. The van der Waals surface area contributed by atoms with Crippen LogP contribution < -0.4 is 5.43 Å². The van der Waals surface area contributed by atoms with Gasteiger partial charge in [-0.3, -0.25) is 9.59 Å². The molecule has 25 heavy (non-hydrogen) atoms. The normalized spacial score (nSPS) is 33.6. The molecule has 1 aromatic rings. The van der Waals surface area contributed by atoms with Crippen LogP contribution in [0.4, 0.5) is 0 Å². The number of fused-ring (bicyclic) bond motifs is 4.